The van der Waals surface area contributed by atoms with Crippen molar-refractivity contribution in [2.45, 2.75) is 19.3 Å². The number of pyridine rings is 2. The molecule has 10 rings (SSSR count). The van der Waals surface area contributed by atoms with Crippen LogP contribution in [0.3, 0.4) is 0 Å². The maximum atomic E-state index is 6.43. The average Bonchev–Trinajstić information content (AvgIpc) is 3.68. The van der Waals surface area contributed by atoms with Crippen LogP contribution in [0.25, 0.3) is 66.4 Å². The van der Waals surface area contributed by atoms with Gasteiger partial charge < -0.3 is 4.42 Å². The quantitative estimate of drug-likeness (QED) is 0.185. The second kappa shape index (κ2) is 11.3. The SMILES string of the molecule is CC1(C)c2ccccc2-c2c(N(c3ccc(-c4cccc5c4oc4ccccc45)cc3)c3cc(-c4ccccc4)c4ncccc4n3)cccc21. The van der Waals surface area contributed by atoms with Crippen LogP contribution in [0.15, 0.2) is 168 Å². The van der Waals surface area contributed by atoms with E-state index in [-0.39, 0.29) is 5.41 Å². The lowest BCUT2D eigenvalue weighted by atomic mass is 9.82. The number of fused-ring (bicyclic) bond motifs is 7. The fourth-order valence-corrected chi connectivity index (χ4v) is 8.08. The molecule has 0 atom stereocenters. The number of hydrogen-bond acceptors (Lipinski definition) is 4. The van der Waals surface area contributed by atoms with Gasteiger partial charge in [-0.05, 0) is 70.3 Å². The van der Waals surface area contributed by atoms with Gasteiger partial charge in [-0.1, -0.05) is 129 Å². The monoisotopic (exact) mass is 655 g/mol. The molecule has 3 aromatic heterocycles. The lowest BCUT2D eigenvalue weighted by molar-refractivity contribution is 0.660. The predicted octanol–water partition coefficient (Wildman–Crippen LogP) is 12.6. The molecule has 9 aromatic rings. The first-order valence-electron chi connectivity index (χ1n) is 17.4. The van der Waals surface area contributed by atoms with Gasteiger partial charge in [-0.3, -0.25) is 9.88 Å². The van der Waals surface area contributed by atoms with Gasteiger partial charge in [0.1, 0.15) is 17.0 Å². The Morgan fingerprint density at radius 1 is 0.569 bits per heavy atom. The van der Waals surface area contributed by atoms with Crippen molar-refractivity contribution >= 4 is 50.2 Å². The zero-order valence-electron chi connectivity index (χ0n) is 28.3. The highest BCUT2D eigenvalue weighted by atomic mass is 16.3. The number of rotatable bonds is 5. The minimum atomic E-state index is -0.140. The molecule has 0 fully saturated rings. The van der Waals surface area contributed by atoms with Gasteiger partial charge in [0, 0.05) is 44.8 Å². The number of aromatic nitrogens is 2. The Labute approximate surface area is 296 Å². The highest BCUT2D eigenvalue weighted by Crippen LogP contribution is 2.54. The predicted molar refractivity (Wildman–Crippen MR) is 210 cm³/mol. The number of para-hydroxylation sites is 2. The molecular weight excluding hydrogens is 623 g/mol. The number of hydrogen-bond donors (Lipinski definition) is 0. The number of benzene rings is 6. The van der Waals surface area contributed by atoms with Gasteiger partial charge in [-0.15, -0.1) is 0 Å². The second-order valence-electron chi connectivity index (χ2n) is 13.8. The van der Waals surface area contributed by atoms with Crippen LogP contribution in [0.5, 0.6) is 0 Å². The first-order chi connectivity index (χ1) is 25.1. The van der Waals surface area contributed by atoms with Crippen LogP contribution in [0, 0.1) is 0 Å². The number of anilines is 3. The van der Waals surface area contributed by atoms with E-state index in [1.807, 2.05) is 30.5 Å². The molecule has 0 N–H and O–H groups in total. The normalized spacial score (nSPS) is 13.1. The van der Waals surface area contributed by atoms with Gasteiger partial charge in [-0.25, -0.2) is 4.98 Å². The summed E-state index contributed by atoms with van der Waals surface area (Å²) in [6.07, 6.45) is 1.85. The molecule has 4 nitrogen and oxygen atoms in total. The van der Waals surface area contributed by atoms with Crippen molar-refractivity contribution in [1.82, 2.24) is 9.97 Å². The van der Waals surface area contributed by atoms with Crippen LogP contribution in [-0.4, -0.2) is 9.97 Å². The zero-order chi connectivity index (χ0) is 34.1. The molecule has 0 radical (unpaired) electrons. The Balaban J connectivity index is 1.21. The summed E-state index contributed by atoms with van der Waals surface area (Å²) in [7, 11) is 0. The van der Waals surface area contributed by atoms with Crippen LogP contribution in [-0.2, 0) is 5.41 Å². The molecule has 0 bridgehead atoms. The van der Waals surface area contributed by atoms with Crippen LogP contribution in [0.2, 0.25) is 0 Å². The third-order valence-corrected chi connectivity index (χ3v) is 10.5. The second-order valence-corrected chi connectivity index (χ2v) is 13.8. The Hall–Kier alpha value is -6.52. The summed E-state index contributed by atoms with van der Waals surface area (Å²) in [5.74, 6) is 0.831. The Morgan fingerprint density at radius 3 is 2.16 bits per heavy atom. The first-order valence-corrected chi connectivity index (χ1v) is 17.4. The van der Waals surface area contributed by atoms with E-state index in [0.29, 0.717) is 0 Å². The molecule has 1 aliphatic rings. The van der Waals surface area contributed by atoms with Crippen LogP contribution in [0.1, 0.15) is 25.0 Å². The van der Waals surface area contributed by atoms with Gasteiger partial charge in [0.05, 0.1) is 16.7 Å². The molecule has 0 amide bonds. The van der Waals surface area contributed by atoms with Crippen molar-refractivity contribution in [2.24, 2.45) is 0 Å². The van der Waals surface area contributed by atoms with E-state index in [1.54, 1.807) is 0 Å². The first kappa shape index (κ1) is 29.4. The maximum absolute atomic E-state index is 6.43. The summed E-state index contributed by atoms with van der Waals surface area (Å²) >= 11 is 0. The summed E-state index contributed by atoms with van der Waals surface area (Å²) in [6.45, 7) is 4.65. The highest BCUT2D eigenvalue weighted by Gasteiger charge is 2.38. The fraction of sp³-hybridized carbons (Fsp3) is 0.0638. The Kier molecular flexibility index (Phi) is 6.49. The van der Waals surface area contributed by atoms with E-state index >= 15 is 0 Å². The van der Waals surface area contributed by atoms with Crippen molar-refractivity contribution in [1.29, 1.82) is 0 Å². The van der Waals surface area contributed by atoms with Crippen LogP contribution < -0.4 is 4.90 Å². The molecule has 0 aliphatic heterocycles. The largest absolute Gasteiger partial charge is 0.455 e. The summed E-state index contributed by atoms with van der Waals surface area (Å²) in [5.41, 5.74) is 14.9. The van der Waals surface area contributed by atoms with Crippen molar-refractivity contribution in [3.63, 3.8) is 0 Å². The van der Waals surface area contributed by atoms with Crippen molar-refractivity contribution in [3.05, 3.63) is 175 Å². The molecule has 242 valence electrons. The fourth-order valence-electron chi connectivity index (χ4n) is 8.08. The third kappa shape index (κ3) is 4.53. The van der Waals surface area contributed by atoms with Gasteiger partial charge >= 0.3 is 0 Å². The number of furan rings is 1. The smallest absolute Gasteiger partial charge is 0.143 e. The van der Waals surface area contributed by atoms with Crippen molar-refractivity contribution in [3.8, 4) is 33.4 Å². The lowest BCUT2D eigenvalue weighted by Crippen LogP contribution is -2.16. The molecular formula is C47H33N3O. The summed E-state index contributed by atoms with van der Waals surface area (Å²) in [4.78, 5) is 12.5. The van der Waals surface area contributed by atoms with Gasteiger partial charge in [0.2, 0.25) is 0 Å². The van der Waals surface area contributed by atoms with E-state index in [4.69, 9.17) is 14.4 Å². The van der Waals surface area contributed by atoms with E-state index in [2.05, 4.69) is 152 Å². The minimum absolute atomic E-state index is 0.140. The molecule has 0 saturated heterocycles. The highest BCUT2D eigenvalue weighted by molar-refractivity contribution is 6.09. The molecule has 6 aromatic carbocycles. The Bertz CT molecular complexity index is 2780. The average molecular weight is 656 g/mol. The molecule has 51 heavy (non-hydrogen) atoms. The van der Waals surface area contributed by atoms with Crippen LogP contribution in [0.4, 0.5) is 17.2 Å². The summed E-state index contributed by atoms with van der Waals surface area (Å²) < 4.78 is 6.43. The molecule has 4 heteroatoms. The van der Waals surface area contributed by atoms with Crippen molar-refractivity contribution in [2.75, 3.05) is 4.90 Å². The molecule has 0 unspecified atom stereocenters. The topological polar surface area (TPSA) is 42.2 Å². The van der Waals surface area contributed by atoms with Gasteiger partial charge in [0.15, 0.2) is 0 Å². The zero-order valence-corrected chi connectivity index (χ0v) is 28.3. The number of nitrogens with zero attached hydrogens (tertiary/aromatic N) is 3. The van der Waals surface area contributed by atoms with Gasteiger partial charge in [-0.2, -0.15) is 0 Å². The van der Waals surface area contributed by atoms with E-state index in [9.17, 15) is 0 Å². The molecule has 1 aliphatic carbocycles. The summed E-state index contributed by atoms with van der Waals surface area (Å²) in [6, 6.07) is 55.7. The minimum Gasteiger partial charge on any atom is -0.455 e. The standard InChI is InChI=1S/C47H33N3O/c1-47(2)38-19-8-6-16-36(38)44-39(47)20-11-22-41(44)50(43-29-37(30-13-4-3-5-14-30)45-40(49-43)21-12-28-48-45)32-26-24-31(25-27-32)33-17-10-18-35-34-15-7-9-23-42(34)51-46(33)35/h3-29H,1-2H3. The molecule has 0 spiro atoms. The lowest BCUT2D eigenvalue weighted by Gasteiger charge is -2.28. The maximum Gasteiger partial charge on any atom is 0.143 e. The molecule has 3 heterocycles. The van der Waals surface area contributed by atoms with E-state index in [0.717, 1.165) is 72.4 Å². The van der Waals surface area contributed by atoms with E-state index < -0.39 is 0 Å². The Morgan fingerprint density at radius 2 is 1.27 bits per heavy atom. The molecule has 0 saturated carbocycles. The van der Waals surface area contributed by atoms with Gasteiger partial charge in [0.25, 0.3) is 0 Å². The van der Waals surface area contributed by atoms with Crippen molar-refractivity contribution < 1.29 is 4.42 Å². The summed E-state index contributed by atoms with van der Waals surface area (Å²) in [5, 5.41) is 2.25. The van der Waals surface area contributed by atoms with Crippen LogP contribution >= 0.6 is 0 Å². The third-order valence-electron chi connectivity index (χ3n) is 10.5. The van der Waals surface area contributed by atoms with E-state index in [1.165, 1.54) is 22.3 Å².